The van der Waals surface area contributed by atoms with Crippen molar-refractivity contribution in [2.24, 2.45) is 5.92 Å². The first-order chi connectivity index (χ1) is 11.5. The van der Waals surface area contributed by atoms with Crippen LogP contribution in [0, 0.1) is 18.3 Å². The molecule has 0 bridgehead atoms. The van der Waals surface area contributed by atoms with Gasteiger partial charge in [-0.05, 0) is 12.3 Å². The summed E-state index contributed by atoms with van der Waals surface area (Å²) in [7, 11) is 1.55. The highest BCUT2D eigenvalue weighted by atomic mass is 16.6. The van der Waals surface area contributed by atoms with Crippen molar-refractivity contribution in [3.63, 3.8) is 0 Å². The zero-order valence-electron chi connectivity index (χ0n) is 15.7. The fourth-order valence-corrected chi connectivity index (χ4v) is 2.43. The summed E-state index contributed by atoms with van der Waals surface area (Å²) in [5.74, 6) is 1.96. The van der Waals surface area contributed by atoms with Crippen LogP contribution in [0.15, 0.2) is 0 Å². The van der Waals surface area contributed by atoms with Gasteiger partial charge >= 0.3 is 12.1 Å². The van der Waals surface area contributed by atoms with Gasteiger partial charge in [0.05, 0.1) is 6.61 Å². The van der Waals surface area contributed by atoms with E-state index in [-0.39, 0.29) is 18.5 Å². The van der Waals surface area contributed by atoms with Crippen LogP contribution in [-0.4, -0.2) is 43.3 Å². The van der Waals surface area contributed by atoms with E-state index in [0.29, 0.717) is 13.0 Å². The number of nitrogens with zero attached hydrogens (tertiary/aromatic N) is 1. The number of hydrogen-bond acceptors (Lipinski definition) is 4. The van der Waals surface area contributed by atoms with Gasteiger partial charge in [0.1, 0.15) is 12.6 Å². The molecule has 1 atom stereocenters. The summed E-state index contributed by atoms with van der Waals surface area (Å²) in [6.07, 6.45) is 11.7. The van der Waals surface area contributed by atoms with Crippen molar-refractivity contribution in [3.8, 4) is 12.3 Å². The van der Waals surface area contributed by atoms with Crippen molar-refractivity contribution >= 4 is 12.1 Å². The van der Waals surface area contributed by atoms with Crippen LogP contribution in [0.1, 0.15) is 65.7 Å². The van der Waals surface area contributed by atoms with Crippen LogP contribution in [0.5, 0.6) is 0 Å². The van der Waals surface area contributed by atoms with E-state index < -0.39 is 12.1 Å². The van der Waals surface area contributed by atoms with E-state index in [4.69, 9.17) is 15.9 Å². The average Bonchev–Trinajstić information content (AvgIpc) is 2.53. The zero-order chi connectivity index (χ0) is 18.4. The lowest BCUT2D eigenvalue weighted by Gasteiger charge is -2.28. The Hall–Kier alpha value is -1.70. The monoisotopic (exact) mass is 339 g/mol. The highest BCUT2D eigenvalue weighted by Crippen LogP contribution is 2.13. The molecule has 0 saturated carbocycles. The third-order valence-corrected chi connectivity index (χ3v) is 3.79. The summed E-state index contributed by atoms with van der Waals surface area (Å²) in [6, 6.07) is -0.650. The van der Waals surface area contributed by atoms with E-state index in [0.717, 1.165) is 12.8 Å². The third-order valence-electron chi connectivity index (χ3n) is 3.79. The minimum Gasteiger partial charge on any atom is -0.464 e. The Balaban J connectivity index is 4.26. The molecule has 24 heavy (non-hydrogen) atoms. The molecule has 138 valence electrons. The molecule has 0 aliphatic carbocycles. The molecule has 0 saturated heterocycles. The van der Waals surface area contributed by atoms with Crippen LogP contribution in [-0.2, 0) is 14.3 Å². The van der Waals surface area contributed by atoms with Crippen molar-refractivity contribution < 1.29 is 19.1 Å². The SMILES string of the molecule is C#CCCOC(=O)N(C)C(C(=O)OCCCCCCCC)C(C)C. The smallest absolute Gasteiger partial charge is 0.410 e. The molecule has 0 rings (SSSR count). The standard InChI is InChI=1S/C19H33NO4/c1-6-8-10-11-12-13-15-23-18(21)17(16(3)4)20(5)19(22)24-14-9-7-2/h2,16-17H,6,8-15H2,1,3-5H3. The molecule has 0 fully saturated rings. The molecule has 0 spiro atoms. The highest BCUT2D eigenvalue weighted by Gasteiger charge is 2.31. The number of rotatable bonds is 12. The number of hydrogen-bond donors (Lipinski definition) is 0. The largest absolute Gasteiger partial charge is 0.464 e. The maximum atomic E-state index is 12.3. The van der Waals surface area contributed by atoms with Gasteiger partial charge in [0.15, 0.2) is 0 Å². The number of ether oxygens (including phenoxy) is 2. The summed E-state index contributed by atoms with van der Waals surface area (Å²) in [6.45, 7) is 6.48. The Labute approximate surface area is 147 Å². The summed E-state index contributed by atoms with van der Waals surface area (Å²) >= 11 is 0. The first kappa shape index (κ1) is 22.3. The lowest BCUT2D eigenvalue weighted by atomic mass is 10.0. The quantitative estimate of drug-likeness (QED) is 0.306. The van der Waals surface area contributed by atoms with Crippen molar-refractivity contribution in [1.82, 2.24) is 4.90 Å². The van der Waals surface area contributed by atoms with Gasteiger partial charge in [0.25, 0.3) is 0 Å². The molecule has 5 heteroatoms. The van der Waals surface area contributed by atoms with E-state index in [1.54, 1.807) is 7.05 Å². The van der Waals surface area contributed by atoms with E-state index >= 15 is 0 Å². The first-order valence-corrected chi connectivity index (χ1v) is 8.95. The first-order valence-electron chi connectivity index (χ1n) is 8.95. The molecule has 0 aromatic carbocycles. The van der Waals surface area contributed by atoms with Gasteiger partial charge in [-0.1, -0.05) is 52.9 Å². The van der Waals surface area contributed by atoms with Crippen molar-refractivity contribution in [1.29, 1.82) is 0 Å². The van der Waals surface area contributed by atoms with Crippen LogP contribution < -0.4 is 0 Å². The van der Waals surface area contributed by atoms with Gasteiger partial charge in [-0.15, -0.1) is 12.3 Å². The Bertz CT molecular complexity index is 401. The van der Waals surface area contributed by atoms with Crippen LogP contribution in [0.25, 0.3) is 0 Å². The van der Waals surface area contributed by atoms with Crippen LogP contribution in [0.4, 0.5) is 4.79 Å². The molecule has 0 N–H and O–H groups in total. The second kappa shape index (κ2) is 13.7. The topological polar surface area (TPSA) is 55.8 Å². The van der Waals surface area contributed by atoms with E-state index in [2.05, 4.69) is 12.8 Å². The Morgan fingerprint density at radius 1 is 1.04 bits per heavy atom. The molecular formula is C19H33NO4. The molecule has 0 aromatic heterocycles. The number of unbranched alkanes of at least 4 members (excludes halogenated alkanes) is 5. The maximum absolute atomic E-state index is 12.3. The molecule has 0 heterocycles. The average molecular weight is 339 g/mol. The zero-order valence-corrected chi connectivity index (χ0v) is 15.7. The number of terminal acetylenes is 1. The molecule has 0 radical (unpaired) electrons. The third kappa shape index (κ3) is 9.44. The second-order valence-corrected chi connectivity index (χ2v) is 6.30. The molecule has 0 aliphatic heterocycles. The number of likely N-dealkylation sites (N-methyl/N-ethyl adjacent to an activating group) is 1. The fraction of sp³-hybridized carbons (Fsp3) is 0.789. The van der Waals surface area contributed by atoms with Crippen LogP contribution in [0.3, 0.4) is 0 Å². The summed E-state index contributed by atoms with van der Waals surface area (Å²) in [4.78, 5) is 25.6. The van der Waals surface area contributed by atoms with Crippen molar-refractivity contribution in [3.05, 3.63) is 0 Å². The Morgan fingerprint density at radius 2 is 1.67 bits per heavy atom. The van der Waals surface area contributed by atoms with E-state index in [1.807, 2.05) is 13.8 Å². The minimum atomic E-state index is -0.650. The molecule has 0 aromatic rings. The van der Waals surface area contributed by atoms with Crippen molar-refractivity contribution in [2.45, 2.75) is 71.8 Å². The number of carbonyl (C=O) groups excluding carboxylic acids is 2. The number of esters is 1. The van der Waals surface area contributed by atoms with Gasteiger partial charge in [0.2, 0.25) is 0 Å². The Morgan fingerprint density at radius 3 is 2.25 bits per heavy atom. The summed E-state index contributed by atoms with van der Waals surface area (Å²) < 4.78 is 10.4. The van der Waals surface area contributed by atoms with Gasteiger partial charge in [0, 0.05) is 13.5 Å². The van der Waals surface area contributed by atoms with Gasteiger partial charge in [-0.25, -0.2) is 9.59 Å². The molecular weight excluding hydrogens is 306 g/mol. The lowest BCUT2D eigenvalue weighted by molar-refractivity contribution is -0.150. The lowest BCUT2D eigenvalue weighted by Crippen LogP contribution is -2.46. The normalized spacial score (nSPS) is 11.7. The van der Waals surface area contributed by atoms with E-state index in [1.165, 1.54) is 30.6 Å². The fourth-order valence-electron chi connectivity index (χ4n) is 2.43. The van der Waals surface area contributed by atoms with Gasteiger partial charge in [-0.2, -0.15) is 0 Å². The highest BCUT2D eigenvalue weighted by molar-refractivity contribution is 5.81. The molecule has 1 amide bonds. The maximum Gasteiger partial charge on any atom is 0.410 e. The predicted octanol–water partition coefficient (Wildman–Crippen LogP) is 4.01. The molecule has 1 unspecified atom stereocenters. The van der Waals surface area contributed by atoms with Crippen LogP contribution in [0.2, 0.25) is 0 Å². The summed E-state index contributed by atoms with van der Waals surface area (Å²) in [5.41, 5.74) is 0. The molecule has 0 aliphatic rings. The Kier molecular flexibility index (Phi) is 12.7. The number of amides is 1. The van der Waals surface area contributed by atoms with E-state index in [9.17, 15) is 9.59 Å². The second-order valence-electron chi connectivity index (χ2n) is 6.30. The summed E-state index contributed by atoms with van der Waals surface area (Å²) in [5, 5.41) is 0. The number of carbonyl (C=O) groups is 2. The minimum absolute atomic E-state index is 0.0627. The van der Waals surface area contributed by atoms with Gasteiger partial charge in [-0.3, -0.25) is 4.90 Å². The molecule has 5 nitrogen and oxygen atoms in total. The van der Waals surface area contributed by atoms with Crippen molar-refractivity contribution in [2.75, 3.05) is 20.3 Å². The predicted molar refractivity (Wildman–Crippen MR) is 95.5 cm³/mol. The van der Waals surface area contributed by atoms with Gasteiger partial charge < -0.3 is 9.47 Å². The van der Waals surface area contributed by atoms with Crippen LogP contribution >= 0.6 is 0 Å².